The van der Waals surface area contributed by atoms with E-state index in [2.05, 4.69) is 0 Å². The molecule has 0 saturated carbocycles. The molecule has 2 aromatic rings. The van der Waals surface area contributed by atoms with Crippen molar-refractivity contribution in [3.05, 3.63) is 58.7 Å². The molecule has 0 aromatic heterocycles. The summed E-state index contributed by atoms with van der Waals surface area (Å²) in [7, 11) is -3.01. The molecule has 2 rings (SSSR count). The van der Waals surface area contributed by atoms with Crippen LogP contribution in [0.4, 0.5) is 0 Å². The van der Waals surface area contributed by atoms with E-state index < -0.39 is 14.2 Å². The highest BCUT2D eigenvalue weighted by atomic mass is 79.9. The van der Waals surface area contributed by atoms with Gasteiger partial charge >= 0.3 is 14.2 Å². The molecular weight excluding hydrogens is 734 g/mol. The first-order valence-electron chi connectivity index (χ1n) is 9.73. The van der Waals surface area contributed by atoms with Crippen LogP contribution in [0, 0.1) is 23.2 Å². The number of nitrogens with two attached hydrogens (primary N) is 3. The number of benzene rings is 2. The van der Waals surface area contributed by atoms with Crippen LogP contribution in [0.2, 0.25) is 0 Å². The first-order valence-corrected chi connectivity index (χ1v) is 12.7. The predicted molar refractivity (Wildman–Crippen MR) is 178 cm³/mol. The normalized spacial score (nSPS) is 9.32. The van der Waals surface area contributed by atoms with Gasteiger partial charge < -0.3 is 37.3 Å². The first-order chi connectivity index (χ1) is 15.9. The van der Waals surface area contributed by atoms with Crippen LogP contribution >= 0.6 is 86.2 Å². The van der Waals surface area contributed by atoms with Gasteiger partial charge in [-0.3, -0.25) is 16.2 Å². The van der Waals surface area contributed by atoms with Crippen LogP contribution < -0.4 is 28.1 Å². The van der Waals surface area contributed by atoms with Gasteiger partial charge in [0, 0.05) is 17.3 Å². The van der Waals surface area contributed by atoms with Crippen molar-refractivity contribution in [1.29, 1.82) is 16.2 Å². The molecule has 0 saturated heterocycles. The molecule has 0 radical (unpaired) electrons. The van der Waals surface area contributed by atoms with Crippen LogP contribution in [-0.4, -0.2) is 49.8 Å². The summed E-state index contributed by atoms with van der Waals surface area (Å²) in [5.74, 6) is 1.53. The standard InChI is InChI=1S/C10H15BN4O2S2.C9H13BN2O2S.3BrH/c12-9(13)18-4-6-1-7(5-19-10(14)15)3-8(2-6)11(16)17;1-6-2-7(5-15-9(11)12)4-8(3-6)10(13)14;;;/h1-3,16-17H,4-5H2,(H3,12,13)(H3,14,15);2-4,13-14H,5H2,1H3,(H3,11,12);3*1H. The lowest BCUT2D eigenvalue weighted by molar-refractivity contribution is 0.424. The Hall–Kier alpha value is -0.690. The average molecular weight is 765 g/mol. The number of thioether (sulfide) groups is 3. The van der Waals surface area contributed by atoms with Crippen molar-refractivity contribution in [2.75, 3.05) is 0 Å². The SMILES string of the molecule is Br.Br.Br.Cc1cc(CSC(=N)N)cc(B(O)O)c1.N=C(N)SCc1cc(CSC(=N)N)cc(B(O)O)c1. The number of aryl methyl sites for hydroxylation is 1. The van der Waals surface area contributed by atoms with Crippen LogP contribution in [-0.2, 0) is 17.3 Å². The van der Waals surface area contributed by atoms with Gasteiger partial charge in [0.05, 0.1) is 0 Å². The van der Waals surface area contributed by atoms with E-state index in [4.69, 9.17) is 43.5 Å². The summed E-state index contributed by atoms with van der Waals surface area (Å²) < 4.78 is 0. The summed E-state index contributed by atoms with van der Waals surface area (Å²) in [6, 6.07) is 10.5. The minimum atomic E-state index is -1.55. The van der Waals surface area contributed by atoms with Gasteiger partial charge in [-0.25, -0.2) is 0 Å². The Kier molecular flexibility index (Phi) is 23.3. The number of nitrogens with one attached hydrogen (secondary N) is 3. The minimum absolute atomic E-state index is 0. The second kappa shape index (κ2) is 21.2. The maximum Gasteiger partial charge on any atom is 0.488 e. The number of amidine groups is 3. The molecule has 18 heteroatoms. The number of hydrogen-bond acceptors (Lipinski definition) is 10. The van der Waals surface area contributed by atoms with E-state index in [1.807, 2.05) is 19.1 Å². The van der Waals surface area contributed by atoms with E-state index in [-0.39, 0.29) is 66.4 Å². The van der Waals surface area contributed by atoms with E-state index in [1.54, 1.807) is 24.3 Å². The molecule has 37 heavy (non-hydrogen) atoms. The fourth-order valence-corrected chi connectivity index (χ4v) is 4.18. The molecule has 0 aliphatic carbocycles. The van der Waals surface area contributed by atoms with Crippen molar-refractivity contribution in [1.82, 2.24) is 0 Å². The average Bonchev–Trinajstić information content (AvgIpc) is 2.74. The Balaban J connectivity index is -0.000000591. The van der Waals surface area contributed by atoms with Crippen LogP contribution in [0.3, 0.4) is 0 Å². The highest BCUT2D eigenvalue weighted by Gasteiger charge is 2.14. The van der Waals surface area contributed by atoms with Gasteiger partial charge in [0.25, 0.3) is 0 Å². The highest BCUT2D eigenvalue weighted by Crippen LogP contribution is 2.16. The summed E-state index contributed by atoms with van der Waals surface area (Å²) >= 11 is 3.54. The zero-order valence-electron chi connectivity index (χ0n) is 19.7. The molecule has 2 aromatic carbocycles. The Labute approximate surface area is 261 Å². The van der Waals surface area contributed by atoms with Gasteiger partial charge in [-0.15, -0.1) is 50.9 Å². The van der Waals surface area contributed by atoms with Crippen molar-refractivity contribution < 1.29 is 20.1 Å². The van der Waals surface area contributed by atoms with Gasteiger partial charge in [-0.05, 0) is 34.5 Å². The van der Waals surface area contributed by atoms with E-state index in [0.717, 1.165) is 45.8 Å². The molecule has 0 aliphatic rings. The van der Waals surface area contributed by atoms with Crippen LogP contribution in [0.15, 0.2) is 36.4 Å². The van der Waals surface area contributed by atoms with E-state index in [9.17, 15) is 10.0 Å². The summed E-state index contributed by atoms with van der Waals surface area (Å²) in [5, 5.41) is 58.0. The quantitative estimate of drug-likeness (QED) is 0.105. The van der Waals surface area contributed by atoms with Crippen molar-refractivity contribution in [2.45, 2.75) is 24.2 Å². The van der Waals surface area contributed by atoms with Crippen LogP contribution in [0.1, 0.15) is 22.3 Å². The maximum atomic E-state index is 9.24. The van der Waals surface area contributed by atoms with E-state index >= 15 is 0 Å². The lowest BCUT2D eigenvalue weighted by Gasteiger charge is -2.09. The molecule has 0 heterocycles. The lowest BCUT2D eigenvalue weighted by Crippen LogP contribution is -2.30. The molecule has 0 fully saturated rings. The number of hydrogen-bond donors (Lipinski definition) is 10. The molecule has 0 atom stereocenters. The summed E-state index contributed by atoms with van der Waals surface area (Å²) in [4.78, 5) is 0. The van der Waals surface area contributed by atoms with Gasteiger partial charge in [-0.2, -0.15) is 0 Å². The van der Waals surface area contributed by atoms with Gasteiger partial charge in [-0.1, -0.05) is 77.2 Å². The largest absolute Gasteiger partial charge is 0.488 e. The zero-order valence-corrected chi connectivity index (χ0v) is 27.3. The van der Waals surface area contributed by atoms with Crippen LogP contribution in [0.25, 0.3) is 0 Å². The van der Waals surface area contributed by atoms with Crippen LogP contribution in [0.5, 0.6) is 0 Å². The van der Waals surface area contributed by atoms with Crippen molar-refractivity contribution in [3.63, 3.8) is 0 Å². The molecule has 0 unspecified atom stereocenters. The highest BCUT2D eigenvalue weighted by molar-refractivity contribution is 8.93. The van der Waals surface area contributed by atoms with E-state index in [0.29, 0.717) is 28.2 Å². The molecular formula is C19H31B2Br3N6O4S3. The third-order valence-corrected chi connectivity index (χ3v) is 6.38. The third kappa shape index (κ3) is 18.3. The van der Waals surface area contributed by atoms with Gasteiger partial charge in [0.2, 0.25) is 0 Å². The summed E-state index contributed by atoms with van der Waals surface area (Å²) in [6.45, 7) is 1.88. The zero-order chi connectivity index (χ0) is 25.8. The summed E-state index contributed by atoms with van der Waals surface area (Å²) in [6.07, 6.45) is 0. The third-order valence-electron chi connectivity index (χ3n) is 4.01. The number of halogens is 3. The molecule has 0 bridgehead atoms. The molecule has 10 nitrogen and oxygen atoms in total. The summed E-state index contributed by atoms with van der Waals surface area (Å²) in [5.41, 5.74) is 20.2. The Morgan fingerprint density at radius 2 is 0.919 bits per heavy atom. The molecule has 206 valence electrons. The second-order valence-corrected chi connectivity index (χ2v) is 10.1. The Morgan fingerprint density at radius 3 is 1.22 bits per heavy atom. The first kappa shape index (κ1) is 40.8. The van der Waals surface area contributed by atoms with Crippen molar-refractivity contribution in [3.8, 4) is 0 Å². The molecule has 13 N–H and O–H groups in total. The second-order valence-electron chi connectivity index (χ2n) is 7.04. The fraction of sp³-hybridized carbons (Fsp3) is 0.211. The van der Waals surface area contributed by atoms with E-state index in [1.165, 1.54) is 11.8 Å². The smallest absolute Gasteiger partial charge is 0.423 e. The number of rotatable bonds is 8. The van der Waals surface area contributed by atoms with Gasteiger partial charge in [0.1, 0.15) is 0 Å². The molecule has 0 spiro atoms. The molecule has 0 aliphatic heterocycles. The maximum absolute atomic E-state index is 9.24. The molecule has 0 amide bonds. The Bertz CT molecular complexity index is 993. The topological polar surface area (TPSA) is 231 Å². The van der Waals surface area contributed by atoms with Gasteiger partial charge in [0.15, 0.2) is 15.5 Å². The lowest BCUT2D eigenvalue weighted by atomic mass is 9.79. The predicted octanol–water partition coefficient (Wildman–Crippen LogP) is 1.15. The Morgan fingerprint density at radius 1 is 0.622 bits per heavy atom. The van der Waals surface area contributed by atoms with Crippen molar-refractivity contribution >= 4 is 127 Å². The minimum Gasteiger partial charge on any atom is -0.423 e. The fourth-order valence-electron chi connectivity index (χ4n) is 2.72. The van der Waals surface area contributed by atoms with Crippen molar-refractivity contribution in [2.24, 2.45) is 17.2 Å². The monoisotopic (exact) mass is 762 g/mol.